The second-order valence-electron chi connectivity index (χ2n) is 10.7. The molecule has 10 nitrogen and oxygen atoms in total. The van der Waals surface area contributed by atoms with Gasteiger partial charge in [-0.15, -0.1) is 0 Å². The highest BCUT2D eigenvalue weighted by Crippen LogP contribution is 2.48. The molecule has 41 heavy (non-hydrogen) atoms. The number of hydrogen-bond donors (Lipinski definition) is 2. The lowest BCUT2D eigenvalue weighted by Gasteiger charge is -2.48. The molecule has 216 valence electrons. The third kappa shape index (κ3) is 5.14. The number of nitrogens with one attached hydrogen (secondary N) is 2. The number of carbonyl (C=O) groups is 1. The van der Waals surface area contributed by atoms with Crippen molar-refractivity contribution in [2.24, 2.45) is 5.41 Å². The van der Waals surface area contributed by atoms with E-state index in [9.17, 15) is 4.79 Å². The van der Waals surface area contributed by atoms with Crippen LogP contribution in [-0.4, -0.2) is 81.7 Å². The van der Waals surface area contributed by atoms with Crippen molar-refractivity contribution in [1.82, 2.24) is 15.3 Å². The van der Waals surface area contributed by atoms with Crippen molar-refractivity contribution in [2.45, 2.75) is 18.5 Å². The number of amides is 1. The zero-order valence-electron chi connectivity index (χ0n) is 22.8. The van der Waals surface area contributed by atoms with E-state index in [1.807, 2.05) is 12.1 Å². The highest BCUT2D eigenvalue weighted by molar-refractivity contribution is 6.41. The Morgan fingerprint density at radius 3 is 2.51 bits per heavy atom. The fourth-order valence-corrected chi connectivity index (χ4v) is 6.46. The molecule has 3 saturated heterocycles. The summed E-state index contributed by atoms with van der Waals surface area (Å²) in [6, 6.07) is 5.21. The zero-order valence-corrected chi connectivity index (χ0v) is 24.3. The summed E-state index contributed by atoms with van der Waals surface area (Å²) in [5, 5.41) is 8.83. The molecule has 1 aromatic carbocycles. The minimum absolute atomic E-state index is 0.143. The molecular weight excluding hydrogens is 569 g/mol. The van der Waals surface area contributed by atoms with Gasteiger partial charge in [0.15, 0.2) is 0 Å². The molecule has 2 atom stereocenters. The van der Waals surface area contributed by atoms with E-state index >= 15 is 0 Å². The van der Waals surface area contributed by atoms with E-state index in [2.05, 4.69) is 27.1 Å². The third-order valence-corrected chi connectivity index (χ3v) is 8.74. The van der Waals surface area contributed by atoms with Crippen LogP contribution in [0.25, 0.3) is 22.0 Å². The van der Waals surface area contributed by atoms with Gasteiger partial charge in [0.1, 0.15) is 23.1 Å². The van der Waals surface area contributed by atoms with Crippen molar-refractivity contribution >= 4 is 51.5 Å². The van der Waals surface area contributed by atoms with Crippen LogP contribution in [0.5, 0.6) is 11.5 Å². The molecule has 2 aromatic heterocycles. The van der Waals surface area contributed by atoms with Gasteiger partial charge >= 0.3 is 0 Å². The number of pyridine rings is 2. The lowest BCUT2D eigenvalue weighted by atomic mass is 9.79. The highest BCUT2D eigenvalue weighted by Gasteiger charge is 2.47. The Labute approximate surface area is 247 Å². The lowest BCUT2D eigenvalue weighted by molar-refractivity contribution is -0.117. The standard InChI is InChI=1S/C29H31Cl2N5O5/c1-4-24(37)34-20-12-41-11-19(20)33-23-8-17-16(10-32-23)7-18(25-26(30)21(38-2)9-22(39-3)27(25)31)35-28(17)36-13-29(14-36)5-6-40-15-29/h4,7-10,19-20H,1,5-6,11-15H2,2-3H3,(H,32,33)(H,34,37)/t19-,20+/m1/s1. The van der Waals surface area contributed by atoms with E-state index in [1.54, 1.807) is 26.5 Å². The number of carbonyl (C=O) groups excluding carboxylic acids is 1. The molecule has 3 aromatic rings. The second-order valence-corrected chi connectivity index (χ2v) is 11.4. The number of hydrogen-bond acceptors (Lipinski definition) is 9. The molecule has 0 unspecified atom stereocenters. The Hall–Kier alpha value is -3.31. The first-order valence-electron chi connectivity index (χ1n) is 13.4. The van der Waals surface area contributed by atoms with Gasteiger partial charge in [0.2, 0.25) is 5.91 Å². The predicted molar refractivity (Wildman–Crippen MR) is 159 cm³/mol. The van der Waals surface area contributed by atoms with Gasteiger partial charge < -0.3 is 34.5 Å². The van der Waals surface area contributed by atoms with Crippen molar-refractivity contribution in [2.75, 3.05) is 64.0 Å². The minimum Gasteiger partial charge on any atom is -0.495 e. The second kappa shape index (κ2) is 11.2. The number of anilines is 2. The molecule has 1 amide bonds. The van der Waals surface area contributed by atoms with Gasteiger partial charge in [-0.05, 0) is 24.6 Å². The Kier molecular flexibility index (Phi) is 7.58. The Morgan fingerprint density at radius 1 is 1.12 bits per heavy atom. The Morgan fingerprint density at radius 2 is 1.85 bits per heavy atom. The van der Waals surface area contributed by atoms with Crippen LogP contribution in [-0.2, 0) is 14.3 Å². The summed E-state index contributed by atoms with van der Waals surface area (Å²) < 4.78 is 22.3. The molecule has 1 spiro atoms. The molecule has 0 radical (unpaired) electrons. The van der Waals surface area contributed by atoms with Crippen LogP contribution in [0.4, 0.5) is 11.6 Å². The number of benzene rings is 1. The van der Waals surface area contributed by atoms with E-state index < -0.39 is 0 Å². The smallest absolute Gasteiger partial charge is 0.243 e. The van der Waals surface area contributed by atoms with Crippen LogP contribution in [0.2, 0.25) is 10.0 Å². The van der Waals surface area contributed by atoms with Gasteiger partial charge in [-0.25, -0.2) is 9.97 Å². The Bertz CT molecular complexity index is 1480. The Balaban J connectivity index is 1.41. The number of rotatable bonds is 8. The van der Waals surface area contributed by atoms with Crippen LogP contribution >= 0.6 is 23.2 Å². The summed E-state index contributed by atoms with van der Waals surface area (Å²) in [6.45, 7) is 7.58. The van der Waals surface area contributed by atoms with Crippen LogP contribution < -0.4 is 25.0 Å². The van der Waals surface area contributed by atoms with Crippen LogP contribution in [0.1, 0.15) is 6.42 Å². The van der Waals surface area contributed by atoms with E-state index in [4.69, 9.17) is 47.1 Å². The van der Waals surface area contributed by atoms with Crippen molar-refractivity contribution in [3.05, 3.63) is 47.1 Å². The van der Waals surface area contributed by atoms with Crippen LogP contribution in [0.15, 0.2) is 37.1 Å². The van der Waals surface area contributed by atoms with E-state index in [0.717, 1.165) is 49.3 Å². The maximum absolute atomic E-state index is 11.9. The number of aromatic nitrogens is 2. The number of halogens is 2. The largest absolute Gasteiger partial charge is 0.495 e. The summed E-state index contributed by atoms with van der Waals surface area (Å²) in [7, 11) is 3.09. The van der Waals surface area contributed by atoms with Crippen molar-refractivity contribution < 1.29 is 23.7 Å². The molecule has 2 N–H and O–H groups in total. The van der Waals surface area contributed by atoms with E-state index in [1.165, 1.54) is 6.08 Å². The molecule has 12 heteroatoms. The first-order valence-corrected chi connectivity index (χ1v) is 14.1. The van der Waals surface area contributed by atoms with Crippen molar-refractivity contribution in [3.8, 4) is 22.8 Å². The molecule has 5 heterocycles. The van der Waals surface area contributed by atoms with Gasteiger partial charge in [0, 0.05) is 53.7 Å². The topological polar surface area (TPSA) is 107 Å². The fourth-order valence-electron chi connectivity index (χ4n) is 5.77. The predicted octanol–water partition coefficient (Wildman–Crippen LogP) is 4.33. The monoisotopic (exact) mass is 599 g/mol. The SMILES string of the molecule is C=CC(=O)N[C@H]1COC[C@H]1Nc1cc2c(N3CC4(CCOC4)C3)nc(-c3c(Cl)c(OC)cc(OC)c3Cl)cc2cn1. The number of nitrogens with zero attached hydrogens (tertiary/aromatic N) is 3. The average Bonchev–Trinajstić information content (AvgIpc) is 3.62. The number of ether oxygens (including phenoxy) is 4. The molecule has 0 bridgehead atoms. The summed E-state index contributed by atoms with van der Waals surface area (Å²) in [5.41, 5.74) is 1.25. The van der Waals surface area contributed by atoms with Gasteiger partial charge in [-0.1, -0.05) is 29.8 Å². The molecule has 6 rings (SSSR count). The molecule has 0 saturated carbocycles. The quantitative estimate of drug-likeness (QED) is 0.366. The van der Waals surface area contributed by atoms with Crippen LogP contribution in [0, 0.1) is 5.41 Å². The molecular formula is C29H31Cl2N5O5. The molecule has 3 aliphatic rings. The molecule has 0 aliphatic carbocycles. The van der Waals surface area contributed by atoms with Crippen LogP contribution in [0.3, 0.4) is 0 Å². The number of fused-ring (bicyclic) bond motifs is 1. The fraction of sp³-hybridized carbons (Fsp3) is 0.414. The third-order valence-electron chi connectivity index (χ3n) is 7.99. The minimum atomic E-state index is -0.244. The zero-order chi connectivity index (χ0) is 28.7. The highest BCUT2D eigenvalue weighted by atomic mass is 35.5. The maximum Gasteiger partial charge on any atom is 0.243 e. The first-order chi connectivity index (χ1) is 19.8. The average molecular weight is 601 g/mol. The van der Waals surface area contributed by atoms with Gasteiger partial charge in [-0.2, -0.15) is 0 Å². The van der Waals surface area contributed by atoms with E-state index in [0.29, 0.717) is 51.8 Å². The van der Waals surface area contributed by atoms with Crippen molar-refractivity contribution in [3.63, 3.8) is 0 Å². The van der Waals surface area contributed by atoms with Gasteiger partial charge in [0.25, 0.3) is 0 Å². The normalized spacial score (nSPS) is 21.1. The summed E-state index contributed by atoms with van der Waals surface area (Å²) in [4.78, 5) is 24.0. The summed E-state index contributed by atoms with van der Waals surface area (Å²) >= 11 is 13.6. The maximum atomic E-state index is 11.9. The first kappa shape index (κ1) is 27.8. The van der Waals surface area contributed by atoms with Gasteiger partial charge in [0.05, 0.1) is 61.9 Å². The lowest BCUT2D eigenvalue weighted by Crippen LogP contribution is -2.57. The van der Waals surface area contributed by atoms with Crippen molar-refractivity contribution in [1.29, 1.82) is 0 Å². The van der Waals surface area contributed by atoms with Gasteiger partial charge in [-0.3, -0.25) is 4.79 Å². The summed E-state index contributed by atoms with van der Waals surface area (Å²) in [5.74, 6) is 2.08. The number of methoxy groups -OCH3 is 2. The summed E-state index contributed by atoms with van der Waals surface area (Å²) in [6.07, 6.45) is 4.08. The molecule has 3 aliphatic heterocycles. The molecule has 3 fully saturated rings. The van der Waals surface area contributed by atoms with E-state index in [-0.39, 0.29) is 23.4 Å².